The van der Waals surface area contributed by atoms with Gasteiger partial charge < -0.3 is 24.9 Å². The van der Waals surface area contributed by atoms with Gasteiger partial charge >= 0.3 is 0 Å². The Morgan fingerprint density at radius 2 is 1.57 bits per heavy atom. The minimum Gasteiger partial charge on any atom is -0.356 e. The summed E-state index contributed by atoms with van der Waals surface area (Å²) in [6.45, 7) is 14.7. The van der Waals surface area contributed by atoms with E-state index < -0.39 is 0 Å². The van der Waals surface area contributed by atoms with Crippen LogP contribution in [0.3, 0.4) is 0 Å². The third-order valence-corrected chi connectivity index (χ3v) is 7.48. The normalized spacial score (nSPS) is 17.7. The molecule has 1 unspecified atom stereocenters. The lowest BCUT2D eigenvalue weighted by Gasteiger charge is -2.38. The number of ketones is 1. The number of carbonyl (C=O) groups excluding carboxylic acids is 2. The Morgan fingerprint density at radius 3 is 2.14 bits per heavy atom. The highest BCUT2D eigenvalue weighted by Gasteiger charge is 2.33. The van der Waals surface area contributed by atoms with E-state index in [2.05, 4.69) is 47.7 Å². The fraction of sp³-hybridized carbons (Fsp3) is 0.571. The first-order valence-electron chi connectivity index (χ1n) is 13.8. The first kappa shape index (κ1) is 26.9. The molecule has 1 aromatic heterocycles. The van der Waals surface area contributed by atoms with Gasteiger partial charge in [0.25, 0.3) is 0 Å². The van der Waals surface area contributed by atoms with E-state index in [0.717, 1.165) is 45.6 Å². The van der Waals surface area contributed by atoms with E-state index in [1.54, 1.807) is 0 Å². The van der Waals surface area contributed by atoms with Crippen LogP contribution in [0.2, 0.25) is 0 Å². The second-order valence-electron chi connectivity index (χ2n) is 9.55. The lowest BCUT2D eigenvalue weighted by molar-refractivity contribution is -0.133. The second kappa shape index (κ2) is 12.4. The molecule has 2 aliphatic heterocycles. The van der Waals surface area contributed by atoms with Crippen molar-refractivity contribution in [3.8, 4) is 0 Å². The fourth-order valence-corrected chi connectivity index (χ4v) is 5.25. The number of anilines is 3. The van der Waals surface area contributed by atoms with Crippen molar-refractivity contribution in [3.05, 3.63) is 41.5 Å². The maximum atomic E-state index is 14.0. The van der Waals surface area contributed by atoms with Crippen molar-refractivity contribution in [2.45, 2.75) is 46.6 Å². The number of hydrogen-bond donors (Lipinski definition) is 1. The van der Waals surface area contributed by atoms with Crippen LogP contribution in [0.4, 0.5) is 17.6 Å². The summed E-state index contributed by atoms with van der Waals surface area (Å²) in [4.78, 5) is 45.4. The molecule has 2 fully saturated rings. The van der Waals surface area contributed by atoms with Crippen LogP contribution in [-0.4, -0.2) is 91.5 Å². The van der Waals surface area contributed by atoms with Gasteiger partial charge in [-0.05, 0) is 47.1 Å². The average Bonchev–Trinajstić information content (AvgIpc) is 3.49. The maximum absolute atomic E-state index is 14.0. The molecule has 200 valence electrons. The van der Waals surface area contributed by atoms with E-state index in [9.17, 15) is 9.59 Å². The van der Waals surface area contributed by atoms with Gasteiger partial charge in [-0.2, -0.15) is 9.97 Å². The minimum absolute atomic E-state index is 0.0654. The number of aromatic nitrogens is 2. The van der Waals surface area contributed by atoms with E-state index in [-0.39, 0.29) is 17.7 Å². The Morgan fingerprint density at radius 1 is 0.919 bits per heavy atom. The minimum atomic E-state index is -0.0720. The molecule has 9 heteroatoms. The summed E-state index contributed by atoms with van der Waals surface area (Å²) in [5, 5.41) is 3.32. The topological polar surface area (TPSA) is 84.9 Å². The van der Waals surface area contributed by atoms with Crippen molar-refractivity contribution in [2.75, 3.05) is 73.6 Å². The summed E-state index contributed by atoms with van der Waals surface area (Å²) < 4.78 is 0. The van der Waals surface area contributed by atoms with Crippen LogP contribution in [0.25, 0.3) is 0 Å². The zero-order valence-corrected chi connectivity index (χ0v) is 22.7. The Bertz CT molecular complexity index is 1060. The van der Waals surface area contributed by atoms with Gasteiger partial charge in [-0.3, -0.25) is 9.59 Å². The summed E-state index contributed by atoms with van der Waals surface area (Å²) in [5.41, 5.74) is 1.17. The molecule has 0 radical (unpaired) electrons. The van der Waals surface area contributed by atoms with Crippen molar-refractivity contribution >= 4 is 29.3 Å². The molecule has 2 saturated heterocycles. The van der Waals surface area contributed by atoms with Crippen molar-refractivity contribution in [3.63, 3.8) is 0 Å². The van der Waals surface area contributed by atoms with Crippen molar-refractivity contribution in [1.82, 2.24) is 20.2 Å². The molecule has 2 aromatic rings. The van der Waals surface area contributed by atoms with E-state index in [0.29, 0.717) is 54.9 Å². The predicted octanol–water partition coefficient (Wildman–Crippen LogP) is 2.80. The van der Waals surface area contributed by atoms with Crippen LogP contribution in [-0.2, 0) is 4.79 Å². The fourth-order valence-electron chi connectivity index (χ4n) is 5.25. The molecule has 1 aromatic carbocycles. The summed E-state index contributed by atoms with van der Waals surface area (Å²) in [6, 6.07) is 9.32. The van der Waals surface area contributed by atoms with Crippen LogP contribution in [0.15, 0.2) is 30.3 Å². The van der Waals surface area contributed by atoms with Gasteiger partial charge in [-0.1, -0.05) is 30.3 Å². The second-order valence-corrected chi connectivity index (χ2v) is 9.55. The quantitative estimate of drug-likeness (QED) is 0.492. The lowest BCUT2D eigenvalue weighted by Crippen LogP contribution is -2.53. The molecule has 37 heavy (non-hydrogen) atoms. The van der Waals surface area contributed by atoms with Gasteiger partial charge in [0.1, 0.15) is 17.2 Å². The van der Waals surface area contributed by atoms with Gasteiger partial charge in [0.2, 0.25) is 17.6 Å². The Kier molecular flexibility index (Phi) is 8.97. The standard InChI is InChI=1S/C28H41N7O2/c1-5-32(6-2)25-23(24(36)21-13-10-9-11-14-21)26(31-28(30-25)33(7-3)8-4)34-17-19-35(20-18-34)27(37)22-15-12-16-29-22/h9-11,13-14,22,29H,5-8,12,15-20H2,1-4H3. The average molecular weight is 508 g/mol. The first-order chi connectivity index (χ1) is 18.0. The predicted molar refractivity (Wildman–Crippen MR) is 149 cm³/mol. The smallest absolute Gasteiger partial charge is 0.239 e. The Balaban J connectivity index is 1.75. The summed E-state index contributed by atoms with van der Waals surface area (Å²) in [5.74, 6) is 2.10. The number of carbonyl (C=O) groups is 2. The Labute approximate surface area is 220 Å². The van der Waals surface area contributed by atoms with Crippen LogP contribution in [0, 0.1) is 0 Å². The maximum Gasteiger partial charge on any atom is 0.239 e. The zero-order valence-electron chi connectivity index (χ0n) is 22.7. The molecule has 4 rings (SSSR count). The van der Waals surface area contributed by atoms with Crippen LogP contribution in [0.5, 0.6) is 0 Å². The van der Waals surface area contributed by atoms with Crippen LogP contribution < -0.4 is 20.0 Å². The van der Waals surface area contributed by atoms with Crippen molar-refractivity contribution < 1.29 is 9.59 Å². The largest absolute Gasteiger partial charge is 0.356 e. The van der Waals surface area contributed by atoms with Gasteiger partial charge in [0.05, 0.1) is 6.04 Å². The van der Waals surface area contributed by atoms with Crippen molar-refractivity contribution in [2.24, 2.45) is 0 Å². The molecule has 0 saturated carbocycles. The van der Waals surface area contributed by atoms with Gasteiger partial charge in [0.15, 0.2) is 0 Å². The van der Waals surface area contributed by atoms with Crippen LogP contribution >= 0.6 is 0 Å². The van der Waals surface area contributed by atoms with Gasteiger partial charge in [-0.15, -0.1) is 0 Å². The molecule has 0 spiro atoms. The van der Waals surface area contributed by atoms with Crippen LogP contribution in [0.1, 0.15) is 56.5 Å². The molecule has 0 aliphatic carbocycles. The SMILES string of the molecule is CCN(CC)c1nc(N(CC)CC)c(C(=O)c2ccccc2)c(N2CCN(C(=O)C3CCCN3)CC2)n1. The summed E-state index contributed by atoms with van der Waals surface area (Å²) in [6.07, 6.45) is 1.95. The first-order valence-corrected chi connectivity index (χ1v) is 13.8. The molecule has 1 atom stereocenters. The van der Waals surface area contributed by atoms with E-state index in [1.165, 1.54) is 0 Å². The van der Waals surface area contributed by atoms with Gasteiger partial charge in [-0.25, -0.2) is 0 Å². The number of nitrogens with zero attached hydrogens (tertiary/aromatic N) is 6. The zero-order chi connectivity index (χ0) is 26.4. The lowest BCUT2D eigenvalue weighted by atomic mass is 10.0. The van der Waals surface area contributed by atoms with E-state index in [1.807, 2.05) is 35.2 Å². The number of benzene rings is 1. The molecular formula is C28H41N7O2. The van der Waals surface area contributed by atoms with Crippen molar-refractivity contribution in [1.29, 1.82) is 0 Å². The highest BCUT2D eigenvalue weighted by molar-refractivity contribution is 6.15. The van der Waals surface area contributed by atoms with E-state index >= 15 is 0 Å². The molecule has 3 heterocycles. The number of hydrogen-bond acceptors (Lipinski definition) is 8. The molecule has 0 bridgehead atoms. The molecule has 2 aliphatic rings. The molecule has 1 amide bonds. The van der Waals surface area contributed by atoms with E-state index in [4.69, 9.17) is 9.97 Å². The number of nitrogens with one attached hydrogen (secondary N) is 1. The third-order valence-electron chi connectivity index (χ3n) is 7.48. The molecule has 1 N–H and O–H groups in total. The highest BCUT2D eigenvalue weighted by Crippen LogP contribution is 2.33. The molecule has 9 nitrogen and oxygen atoms in total. The Hall–Kier alpha value is -3.20. The number of rotatable bonds is 10. The van der Waals surface area contributed by atoms with Gasteiger partial charge in [0, 0.05) is 57.9 Å². The molecular weight excluding hydrogens is 466 g/mol. The number of piperazine rings is 1. The number of amides is 1. The summed E-state index contributed by atoms with van der Waals surface area (Å²) >= 11 is 0. The highest BCUT2D eigenvalue weighted by atomic mass is 16.2. The monoisotopic (exact) mass is 507 g/mol. The third kappa shape index (κ3) is 5.71. The summed E-state index contributed by atoms with van der Waals surface area (Å²) in [7, 11) is 0.